The Hall–Kier alpha value is -2.61. The van der Waals surface area contributed by atoms with Crippen LogP contribution in [0.3, 0.4) is 0 Å². The van der Waals surface area contributed by atoms with Gasteiger partial charge in [0.1, 0.15) is 5.01 Å². The van der Waals surface area contributed by atoms with Gasteiger partial charge in [0, 0.05) is 25.9 Å². The molecule has 2 aromatic heterocycles. The van der Waals surface area contributed by atoms with Crippen LogP contribution in [0, 0.1) is 0 Å². The number of carbonyl (C=O) groups excluding carboxylic acids is 1. The van der Waals surface area contributed by atoms with Crippen LogP contribution in [0.4, 0.5) is 0 Å². The van der Waals surface area contributed by atoms with Crippen molar-refractivity contribution in [2.45, 2.75) is 18.6 Å². The predicted octanol–water partition coefficient (Wildman–Crippen LogP) is 0.933. The van der Waals surface area contributed by atoms with E-state index in [9.17, 15) is 26.4 Å². The molecular formula is C20H24N4O6S3. The van der Waals surface area contributed by atoms with E-state index in [-0.39, 0.29) is 22.9 Å². The van der Waals surface area contributed by atoms with Crippen LogP contribution in [0.1, 0.15) is 23.6 Å². The number of carbonyl (C=O) groups is 1. The normalized spacial score (nSPS) is 13.2. The van der Waals surface area contributed by atoms with E-state index >= 15 is 0 Å². The van der Waals surface area contributed by atoms with Crippen LogP contribution >= 0.6 is 11.3 Å². The topological polar surface area (TPSA) is 158 Å². The molecule has 1 aromatic carbocycles. The Labute approximate surface area is 195 Å². The molecule has 10 nitrogen and oxygen atoms in total. The van der Waals surface area contributed by atoms with E-state index in [0.29, 0.717) is 22.2 Å². The molecule has 0 fully saturated rings. The maximum Gasteiger partial charge on any atom is 0.250 e. The molecule has 0 spiro atoms. The maximum atomic E-state index is 12.9. The third-order valence-electron chi connectivity index (χ3n) is 4.84. The summed E-state index contributed by atoms with van der Waals surface area (Å²) in [6.07, 6.45) is 1.96. The number of sulfonamides is 1. The Morgan fingerprint density at radius 3 is 2.48 bits per heavy atom. The number of fused-ring (bicyclic) bond motifs is 1. The molecule has 0 aliphatic carbocycles. The third-order valence-corrected chi connectivity index (χ3v) is 8.98. The van der Waals surface area contributed by atoms with Crippen molar-refractivity contribution in [1.82, 2.24) is 14.9 Å². The van der Waals surface area contributed by atoms with Gasteiger partial charge in [-0.1, -0.05) is 13.0 Å². The number of hydrogen-bond donors (Lipinski definition) is 2. The predicted molar refractivity (Wildman–Crippen MR) is 128 cm³/mol. The number of pyridine rings is 1. The number of rotatable bonds is 9. The Morgan fingerprint density at radius 1 is 1.15 bits per heavy atom. The highest BCUT2D eigenvalue weighted by molar-refractivity contribution is 7.92. The summed E-state index contributed by atoms with van der Waals surface area (Å²) in [7, 11) is -6.07. The molecule has 13 heteroatoms. The molecule has 3 N–H and O–H groups in total. The van der Waals surface area contributed by atoms with Gasteiger partial charge >= 0.3 is 0 Å². The standard InChI is InChI=1S/C20H24N4O6S3/c1-3-9-32(27,28)18(19(26)22-7-10-33(21,29)30)20-23-15-5-4-13(11-16(15)31-20)14-6-8-24(2)17(25)12-14/h4-6,8,11-12,18H,3,7,9-10H2,1-2H3,(H,22,26)(H2,21,29,30). The Balaban J connectivity index is 1.99. The second kappa shape index (κ2) is 9.71. The van der Waals surface area contributed by atoms with Crippen molar-refractivity contribution < 1.29 is 21.6 Å². The van der Waals surface area contributed by atoms with Gasteiger partial charge in [-0.25, -0.2) is 27.0 Å². The van der Waals surface area contributed by atoms with Gasteiger partial charge in [-0.2, -0.15) is 0 Å². The number of aryl methyl sites for hydroxylation is 1. The zero-order chi connectivity index (χ0) is 24.4. The molecule has 0 aliphatic heterocycles. The Bertz CT molecular complexity index is 1460. The number of sulfone groups is 1. The smallest absolute Gasteiger partial charge is 0.250 e. The molecular weight excluding hydrogens is 488 g/mol. The monoisotopic (exact) mass is 512 g/mol. The fourth-order valence-electron chi connectivity index (χ4n) is 3.20. The van der Waals surface area contributed by atoms with Crippen LogP contribution in [0.25, 0.3) is 21.3 Å². The van der Waals surface area contributed by atoms with E-state index in [1.807, 2.05) is 0 Å². The zero-order valence-electron chi connectivity index (χ0n) is 18.0. The van der Waals surface area contributed by atoms with Gasteiger partial charge in [-0.05, 0) is 35.7 Å². The van der Waals surface area contributed by atoms with Crippen LogP contribution in [0.15, 0.2) is 41.3 Å². The second-order valence-corrected chi connectivity index (χ2v) is 12.5. The van der Waals surface area contributed by atoms with Crippen molar-refractivity contribution in [3.05, 3.63) is 51.9 Å². The SMILES string of the molecule is CCCS(=O)(=O)C(C(=O)NCCS(N)(=O)=O)c1nc2ccc(-c3ccn(C)c(=O)c3)cc2s1. The molecule has 0 bridgehead atoms. The number of aromatic nitrogens is 2. The number of nitrogens with zero attached hydrogens (tertiary/aromatic N) is 2. The van der Waals surface area contributed by atoms with Crippen molar-refractivity contribution >= 4 is 47.3 Å². The summed E-state index contributed by atoms with van der Waals surface area (Å²) in [6, 6.07) is 8.54. The summed E-state index contributed by atoms with van der Waals surface area (Å²) in [5.41, 5.74) is 1.79. The average Bonchev–Trinajstić information content (AvgIpc) is 3.11. The molecule has 2 heterocycles. The molecule has 178 valence electrons. The number of thiazole rings is 1. The number of benzene rings is 1. The van der Waals surface area contributed by atoms with Crippen molar-refractivity contribution in [2.75, 3.05) is 18.1 Å². The highest BCUT2D eigenvalue weighted by atomic mass is 32.2. The van der Waals surface area contributed by atoms with Gasteiger partial charge in [-0.3, -0.25) is 9.59 Å². The van der Waals surface area contributed by atoms with Crippen LogP contribution in [0.5, 0.6) is 0 Å². The summed E-state index contributed by atoms with van der Waals surface area (Å²) in [4.78, 5) is 29.1. The molecule has 1 amide bonds. The summed E-state index contributed by atoms with van der Waals surface area (Å²) < 4.78 is 50.2. The quantitative estimate of drug-likeness (QED) is 0.431. The lowest BCUT2D eigenvalue weighted by molar-refractivity contribution is -0.120. The lowest BCUT2D eigenvalue weighted by Gasteiger charge is -2.15. The first-order valence-electron chi connectivity index (χ1n) is 9.98. The van der Waals surface area contributed by atoms with Crippen LogP contribution in [-0.2, 0) is 31.7 Å². The number of nitrogens with two attached hydrogens (primary N) is 1. The van der Waals surface area contributed by atoms with Gasteiger partial charge in [0.05, 0.1) is 21.7 Å². The summed E-state index contributed by atoms with van der Waals surface area (Å²) in [5, 5.41) is 5.82. The van der Waals surface area contributed by atoms with Crippen LogP contribution in [0.2, 0.25) is 0 Å². The van der Waals surface area contributed by atoms with Gasteiger partial charge in [0.15, 0.2) is 15.1 Å². The molecule has 0 radical (unpaired) electrons. The first-order chi connectivity index (χ1) is 15.4. The van der Waals surface area contributed by atoms with E-state index in [0.717, 1.165) is 16.9 Å². The first-order valence-corrected chi connectivity index (χ1v) is 14.2. The van der Waals surface area contributed by atoms with Crippen molar-refractivity contribution in [2.24, 2.45) is 12.2 Å². The van der Waals surface area contributed by atoms with Gasteiger partial charge < -0.3 is 9.88 Å². The molecule has 3 aromatic rings. The molecule has 0 aliphatic rings. The number of nitrogens with one attached hydrogen (secondary N) is 1. The van der Waals surface area contributed by atoms with Crippen molar-refractivity contribution in [1.29, 1.82) is 0 Å². The van der Waals surface area contributed by atoms with E-state index in [1.165, 1.54) is 10.6 Å². The summed E-state index contributed by atoms with van der Waals surface area (Å²) in [6.45, 7) is 1.37. The fourth-order valence-corrected chi connectivity index (χ4v) is 6.74. The van der Waals surface area contributed by atoms with E-state index in [2.05, 4.69) is 10.3 Å². The summed E-state index contributed by atoms with van der Waals surface area (Å²) >= 11 is 1.06. The fraction of sp³-hybridized carbons (Fsp3) is 0.350. The molecule has 33 heavy (non-hydrogen) atoms. The molecule has 0 saturated heterocycles. The number of primary sulfonamides is 1. The highest BCUT2D eigenvalue weighted by Gasteiger charge is 2.36. The largest absolute Gasteiger partial charge is 0.354 e. The Kier molecular flexibility index (Phi) is 7.36. The first kappa shape index (κ1) is 25.0. The minimum absolute atomic E-state index is 0.0904. The molecule has 1 unspecified atom stereocenters. The molecule has 1 atom stereocenters. The van der Waals surface area contributed by atoms with Crippen LogP contribution in [-0.4, -0.2) is 50.3 Å². The minimum Gasteiger partial charge on any atom is -0.354 e. The van der Waals surface area contributed by atoms with Crippen molar-refractivity contribution in [3.63, 3.8) is 0 Å². The number of amides is 1. The minimum atomic E-state index is -3.90. The lowest BCUT2D eigenvalue weighted by atomic mass is 10.1. The van der Waals surface area contributed by atoms with Crippen LogP contribution < -0.4 is 16.0 Å². The van der Waals surface area contributed by atoms with E-state index in [4.69, 9.17) is 5.14 Å². The van der Waals surface area contributed by atoms with E-state index < -0.39 is 36.8 Å². The second-order valence-electron chi connectivity index (χ2n) is 7.50. The van der Waals surface area contributed by atoms with Crippen molar-refractivity contribution in [3.8, 4) is 11.1 Å². The summed E-state index contributed by atoms with van der Waals surface area (Å²) in [5.74, 6) is -1.59. The third kappa shape index (κ3) is 6.05. The van der Waals surface area contributed by atoms with Gasteiger partial charge in [0.25, 0.3) is 5.56 Å². The van der Waals surface area contributed by atoms with E-state index in [1.54, 1.807) is 44.4 Å². The average molecular weight is 513 g/mol. The maximum absolute atomic E-state index is 12.9. The van der Waals surface area contributed by atoms with Gasteiger partial charge in [-0.15, -0.1) is 11.3 Å². The molecule has 3 rings (SSSR count). The molecule has 0 saturated carbocycles. The lowest BCUT2D eigenvalue weighted by Crippen LogP contribution is -2.38. The Morgan fingerprint density at radius 2 is 1.85 bits per heavy atom. The zero-order valence-corrected chi connectivity index (χ0v) is 20.5. The highest BCUT2D eigenvalue weighted by Crippen LogP contribution is 2.34. The number of hydrogen-bond acceptors (Lipinski definition) is 8. The van der Waals surface area contributed by atoms with Gasteiger partial charge in [0.2, 0.25) is 15.9 Å².